The number of hydrogen-bond acceptors (Lipinski definition) is 9. The van der Waals surface area contributed by atoms with E-state index in [0.717, 1.165) is 0 Å². The van der Waals surface area contributed by atoms with Crippen molar-refractivity contribution in [3.63, 3.8) is 0 Å². The molecule has 178 valence electrons. The molecule has 13 heteroatoms. The van der Waals surface area contributed by atoms with Crippen LogP contribution in [-0.2, 0) is 25.6 Å². The monoisotopic (exact) mass is 488 g/mol. The van der Waals surface area contributed by atoms with E-state index in [1.807, 2.05) is 0 Å². The topological polar surface area (TPSA) is 191 Å². The van der Waals surface area contributed by atoms with Gasteiger partial charge in [0.25, 0.3) is 0 Å². The quantitative estimate of drug-likeness (QED) is 0.151. The van der Waals surface area contributed by atoms with Crippen molar-refractivity contribution >= 4 is 48.9 Å². The Kier molecular flexibility index (Phi) is 11.3. The molecule has 5 atom stereocenters. The van der Waals surface area contributed by atoms with Gasteiger partial charge in [-0.1, -0.05) is 12.1 Å². The fourth-order valence-electron chi connectivity index (χ4n) is 2.54. The van der Waals surface area contributed by atoms with Gasteiger partial charge in [-0.05, 0) is 24.6 Å². The van der Waals surface area contributed by atoms with Gasteiger partial charge in [0.1, 0.15) is 23.9 Å². The second-order valence-electron chi connectivity index (χ2n) is 7.03. The third-order valence-corrected chi connectivity index (χ3v) is 5.16. The van der Waals surface area contributed by atoms with Gasteiger partial charge in [-0.15, -0.1) is 0 Å². The summed E-state index contributed by atoms with van der Waals surface area (Å²) in [6.45, 7) is 1.24. The van der Waals surface area contributed by atoms with Gasteiger partial charge in [-0.3, -0.25) is 14.4 Å². The summed E-state index contributed by atoms with van der Waals surface area (Å²) in [4.78, 5) is 48.7. The lowest BCUT2D eigenvalue weighted by atomic mass is 10.0. The molecule has 1 rings (SSSR count). The van der Waals surface area contributed by atoms with Crippen molar-refractivity contribution in [1.82, 2.24) is 16.0 Å². The van der Waals surface area contributed by atoms with E-state index in [0.29, 0.717) is 5.56 Å². The maximum absolute atomic E-state index is 12.9. The molecule has 0 aliphatic heterocycles. The Bertz CT molecular complexity index is 807. The van der Waals surface area contributed by atoms with Crippen LogP contribution in [-0.4, -0.2) is 80.8 Å². The van der Waals surface area contributed by atoms with E-state index in [-0.39, 0.29) is 23.7 Å². The SMILES string of the molecule is CC(O)C(NC(=O)C(Cc1ccc(O)cc1)NC(=O)C(N)CS)C(=O)NC(CS)C(=O)O. The first-order valence-electron chi connectivity index (χ1n) is 9.57. The fraction of sp³-hybridized carbons (Fsp3) is 0.474. The number of nitrogens with one attached hydrogen (secondary N) is 3. The molecule has 0 aliphatic carbocycles. The van der Waals surface area contributed by atoms with Crippen LogP contribution < -0.4 is 21.7 Å². The number of benzene rings is 1. The minimum atomic E-state index is -1.50. The van der Waals surface area contributed by atoms with E-state index < -0.39 is 54.0 Å². The lowest BCUT2D eigenvalue weighted by molar-refractivity contribution is -0.142. The Morgan fingerprint density at radius 3 is 1.97 bits per heavy atom. The van der Waals surface area contributed by atoms with Crippen LogP contribution in [0.1, 0.15) is 12.5 Å². The first-order chi connectivity index (χ1) is 15.0. The highest BCUT2D eigenvalue weighted by atomic mass is 32.1. The zero-order valence-corrected chi connectivity index (χ0v) is 19.1. The van der Waals surface area contributed by atoms with Crippen molar-refractivity contribution in [3.05, 3.63) is 29.8 Å². The molecule has 0 aromatic heterocycles. The summed E-state index contributed by atoms with van der Waals surface area (Å²) in [7, 11) is 0. The Hall–Kier alpha value is -2.48. The van der Waals surface area contributed by atoms with Gasteiger partial charge in [0.05, 0.1) is 12.1 Å². The van der Waals surface area contributed by atoms with Gasteiger partial charge in [0, 0.05) is 17.9 Å². The van der Waals surface area contributed by atoms with Gasteiger partial charge < -0.3 is 37.0 Å². The van der Waals surface area contributed by atoms with E-state index in [4.69, 9.17) is 10.8 Å². The number of carboxylic acids is 1. The van der Waals surface area contributed by atoms with Gasteiger partial charge in [0.15, 0.2) is 0 Å². The molecule has 3 amide bonds. The van der Waals surface area contributed by atoms with Crippen LogP contribution >= 0.6 is 25.3 Å². The molecule has 0 aliphatic rings. The van der Waals surface area contributed by atoms with E-state index in [9.17, 15) is 29.4 Å². The number of nitrogens with two attached hydrogens (primary N) is 1. The first-order valence-corrected chi connectivity index (χ1v) is 10.8. The van der Waals surface area contributed by atoms with E-state index >= 15 is 0 Å². The molecular formula is C19H28N4O7S2. The number of carboxylic acid groups (broad SMARTS) is 1. The third-order valence-electron chi connectivity index (χ3n) is 4.40. The maximum Gasteiger partial charge on any atom is 0.327 e. The minimum absolute atomic E-state index is 0.0129. The van der Waals surface area contributed by atoms with Crippen molar-refractivity contribution in [1.29, 1.82) is 0 Å². The van der Waals surface area contributed by atoms with Crippen molar-refractivity contribution in [2.24, 2.45) is 5.73 Å². The largest absolute Gasteiger partial charge is 0.508 e. The number of carbonyl (C=O) groups is 4. The van der Waals surface area contributed by atoms with Crippen LogP contribution in [0.4, 0.5) is 0 Å². The van der Waals surface area contributed by atoms with Crippen LogP contribution in [0.3, 0.4) is 0 Å². The Morgan fingerprint density at radius 1 is 0.938 bits per heavy atom. The van der Waals surface area contributed by atoms with Crippen LogP contribution in [0, 0.1) is 0 Å². The van der Waals surface area contributed by atoms with Gasteiger partial charge in [-0.25, -0.2) is 4.79 Å². The number of thiol groups is 2. The van der Waals surface area contributed by atoms with Gasteiger partial charge in [0.2, 0.25) is 17.7 Å². The smallest absolute Gasteiger partial charge is 0.327 e. The van der Waals surface area contributed by atoms with Crippen molar-refractivity contribution in [2.75, 3.05) is 11.5 Å². The predicted molar refractivity (Wildman–Crippen MR) is 123 cm³/mol. The summed E-state index contributed by atoms with van der Waals surface area (Å²) in [5.74, 6) is -3.89. The molecule has 11 nitrogen and oxygen atoms in total. The third kappa shape index (κ3) is 8.57. The summed E-state index contributed by atoms with van der Waals surface area (Å²) in [5, 5.41) is 35.5. The average molecular weight is 489 g/mol. The molecule has 5 unspecified atom stereocenters. The zero-order chi connectivity index (χ0) is 24.4. The molecule has 1 aromatic rings. The summed E-state index contributed by atoms with van der Waals surface area (Å²) in [6.07, 6.45) is -1.39. The number of aliphatic carboxylic acids is 1. The molecule has 8 N–H and O–H groups in total. The lowest BCUT2D eigenvalue weighted by Gasteiger charge is -2.26. The molecule has 0 heterocycles. The number of amides is 3. The minimum Gasteiger partial charge on any atom is -0.508 e. The maximum atomic E-state index is 12.9. The Labute approximate surface area is 196 Å². The highest BCUT2D eigenvalue weighted by molar-refractivity contribution is 7.80. The van der Waals surface area contributed by atoms with E-state index in [1.54, 1.807) is 12.1 Å². The van der Waals surface area contributed by atoms with Crippen molar-refractivity contribution in [2.45, 2.75) is 43.6 Å². The normalized spacial score (nSPS) is 15.5. The summed E-state index contributed by atoms with van der Waals surface area (Å²) in [5.41, 5.74) is 6.24. The highest BCUT2D eigenvalue weighted by Crippen LogP contribution is 2.12. The van der Waals surface area contributed by atoms with Crippen molar-refractivity contribution < 1.29 is 34.5 Å². The molecule has 0 spiro atoms. The molecule has 0 saturated heterocycles. The van der Waals surface area contributed by atoms with Gasteiger partial charge >= 0.3 is 5.97 Å². The molecule has 0 bridgehead atoms. The summed E-state index contributed by atoms with van der Waals surface area (Å²) >= 11 is 7.80. The predicted octanol–water partition coefficient (Wildman–Crippen LogP) is -1.96. The van der Waals surface area contributed by atoms with Crippen LogP contribution in [0.25, 0.3) is 0 Å². The number of aliphatic hydroxyl groups is 1. The Balaban J connectivity index is 3.05. The number of rotatable bonds is 12. The highest BCUT2D eigenvalue weighted by Gasteiger charge is 2.32. The number of carbonyl (C=O) groups excluding carboxylic acids is 3. The second-order valence-corrected chi connectivity index (χ2v) is 7.76. The summed E-state index contributed by atoms with van der Waals surface area (Å²) in [6, 6.07) is 0.893. The van der Waals surface area contributed by atoms with Gasteiger partial charge in [-0.2, -0.15) is 25.3 Å². The van der Waals surface area contributed by atoms with Crippen LogP contribution in [0.15, 0.2) is 24.3 Å². The zero-order valence-electron chi connectivity index (χ0n) is 17.3. The molecule has 0 radical (unpaired) electrons. The molecule has 32 heavy (non-hydrogen) atoms. The Morgan fingerprint density at radius 2 is 1.50 bits per heavy atom. The standard InChI is InChI=1S/C19H28N4O7S2/c1-9(24)15(18(28)22-14(8-32)19(29)30)23-17(27)13(21-16(26)12(20)7-31)6-10-2-4-11(25)5-3-10/h2-5,9,12-15,24-25,31-32H,6-8,20H2,1H3,(H,21,26)(H,22,28)(H,23,27)(H,29,30). The molecule has 0 saturated carbocycles. The van der Waals surface area contributed by atoms with Crippen LogP contribution in [0.5, 0.6) is 5.75 Å². The number of aromatic hydroxyl groups is 1. The lowest BCUT2D eigenvalue weighted by Crippen LogP contribution is -2.60. The van der Waals surface area contributed by atoms with Crippen LogP contribution in [0.2, 0.25) is 0 Å². The first kappa shape index (κ1) is 27.6. The second kappa shape index (κ2) is 13.2. The summed E-state index contributed by atoms with van der Waals surface area (Å²) < 4.78 is 0. The number of hydrogen-bond donors (Lipinski definition) is 9. The van der Waals surface area contributed by atoms with E-state index in [1.165, 1.54) is 19.1 Å². The average Bonchev–Trinajstić information content (AvgIpc) is 2.75. The number of aliphatic hydroxyl groups excluding tert-OH is 1. The molecule has 0 fully saturated rings. The van der Waals surface area contributed by atoms with E-state index in [2.05, 4.69) is 41.2 Å². The van der Waals surface area contributed by atoms with Crippen molar-refractivity contribution in [3.8, 4) is 5.75 Å². The molecule has 1 aromatic carbocycles. The number of phenols is 1. The fourth-order valence-corrected chi connectivity index (χ4v) is 2.96. The number of phenolic OH excluding ortho intramolecular Hbond substituents is 1. The molecular weight excluding hydrogens is 460 g/mol.